The molecule has 0 saturated carbocycles. The first-order valence-electron chi connectivity index (χ1n) is 10.6. The fourth-order valence-electron chi connectivity index (χ4n) is 4.45. The SMILES string of the molecule is CCCCCCN1c2ccccc2[C@]2(O)C[C@@H](COC(=O)c3ccccc3)OC12. The van der Waals surface area contributed by atoms with Gasteiger partial charge in [0.25, 0.3) is 0 Å². The van der Waals surface area contributed by atoms with E-state index in [1.54, 1.807) is 12.1 Å². The maximum Gasteiger partial charge on any atom is 0.338 e. The largest absolute Gasteiger partial charge is 0.459 e. The Hall–Kier alpha value is -2.37. The second kappa shape index (κ2) is 8.56. The highest BCUT2D eigenvalue weighted by molar-refractivity contribution is 5.89. The van der Waals surface area contributed by atoms with Crippen molar-refractivity contribution in [3.63, 3.8) is 0 Å². The first-order valence-corrected chi connectivity index (χ1v) is 10.6. The van der Waals surface area contributed by atoms with Gasteiger partial charge in [-0.05, 0) is 24.6 Å². The fraction of sp³-hybridized carbons (Fsp3) is 0.458. The van der Waals surface area contributed by atoms with Gasteiger partial charge in [0.15, 0.2) is 6.23 Å². The summed E-state index contributed by atoms with van der Waals surface area (Å²) in [5.41, 5.74) is 1.42. The molecular weight excluding hydrogens is 366 g/mol. The van der Waals surface area contributed by atoms with Crippen molar-refractivity contribution in [2.45, 2.75) is 57.0 Å². The molecule has 2 heterocycles. The van der Waals surface area contributed by atoms with Gasteiger partial charge in [-0.15, -0.1) is 0 Å². The number of carbonyl (C=O) groups excluding carboxylic acids is 1. The quantitative estimate of drug-likeness (QED) is 0.535. The summed E-state index contributed by atoms with van der Waals surface area (Å²) in [5.74, 6) is -0.366. The number of ether oxygens (including phenoxy) is 2. The lowest BCUT2D eigenvalue weighted by atomic mass is 9.91. The number of hydrogen-bond acceptors (Lipinski definition) is 5. The van der Waals surface area contributed by atoms with Crippen molar-refractivity contribution in [3.05, 3.63) is 65.7 Å². The zero-order valence-corrected chi connectivity index (χ0v) is 16.9. The molecule has 2 aliphatic heterocycles. The number of esters is 1. The number of nitrogens with zero attached hydrogens (tertiary/aromatic N) is 1. The Morgan fingerprint density at radius 3 is 2.69 bits per heavy atom. The summed E-state index contributed by atoms with van der Waals surface area (Å²) >= 11 is 0. The normalized spacial score (nSPS) is 25.0. The molecule has 3 atom stereocenters. The molecule has 2 aliphatic rings. The summed E-state index contributed by atoms with van der Waals surface area (Å²) in [4.78, 5) is 14.4. The Bertz CT molecular complexity index is 840. The predicted molar refractivity (Wildman–Crippen MR) is 112 cm³/mol. The topological polar surface area (TPSA) is 59.0 Å². The van der Waals surface area contributed by atoms with Crippen LogP contribution in [0.4, 0.5) is 5.69 Å². The molecule has 1 N–H and O–H groups in total. The van der Waals surface area contributed by atoms with Gasteiger partial charge >= 0.3 is 5.97 Å². The smallest absolute Gasteiger partial charge is 0.338 e. The second-order valence-electron chi connectivity index (χ2n) is 7.97. The van der Waals surface area contributed by atoms with Crippen LogP contribution in [0.2, 0.25) is 0 Å². The zero-order valence-electron chi connectivity index (χ0n) is 16.9. The molecule has 5 nitrogen and oxygen atoms in total. The van der Waals surface area contributed by atoms with Gasteiger partial charge in [-0.1, -0.05) is 62.6 Å². The Labute approximate surface area is 172 Å². The minimum absolute atomic E-state index is 0.137. The molecule has 1 fully saturated rings. The Morgan fingerprint density at radius 1 is 1.14 bits per heavy atom. The van der Waals surface area contributed by atoms with E-state index >= 15 is 0 Å². The van der Waals surface area contributed by atoms with Gasteiger partial charge in [-0.25, -0.2) is 4.79 Å². The monoisotopic (exact) mass is 395 g/mol. The van der Waals surface area contributed by atoms with Crippen LogP contribution >= 0.6 is 0 Å². The van der Waals surface area contributed by atoms with Crippen molar-refractivity contribution in [2.75, 3.05) is 18.1 Å². The van der Waals surface area contributed by atoms with E-state index in [0.717, 1.165) is 24.2 Å². The highest BCUT2D eigenvalue weighted by atomic mass is 16.6. The lowest BCUT2D eigenvalue weighted by molar-refractivity contribution is -0.0503. The molecule has 154 valence electrons. The van der Waals surface area contributed by atoms with E-state index in [4.69, 9.17) is 9.47 Å². The predicted octanol–water partition coefficient (Wildman–Crippen LogP) is 4.25. The van der Waals surface area contributed by atoms with E-state index in [1.165, 1.54) is 19.3 Å². The third-order valence-electron chi connectivity index (χ3n) is 5.89. The number of rotatable bonds is 8. The van der Waals surface area contributed by atoms with Crippen LogP contribution in [0.3, 0.4) is 0 Å². The number of benzene rings is 2. The van der Waals surface area contributed by atoms with Crippen LogP contribution in [0, 0.1) is 0 Å². The molecule has 0 aromatic heterocycles. The maximum absolute atomic E-state index is 12.2. The number of anilines is 1. The van der Waals surface area contributed by atoms with Gasteiger partial charge in [-0.2, -0.15) is 0 Å². The Balaban J connectivity index is 1.44. The van der Waals surface area contributed by atoms with Gasteiger partial charge in [0.2, 0.25) is 0 Å². The molecule has 0 radical (unpaired) electrons. The minimum atomic E-state index is -1.06. The van der Waals surface area contributed by atoms with E-state index in [0.29, 0.717) is 12.0 Å². The highest BCUT2D eigenvalue weighted by Crippen LogP contribution is 2.51. The van der Waals surface area contributed by atoms with E-state index in [9.17, 15) is 9.90 Å². The van der Waals surface area contributed by atoms with Crippen LogP contribution in [0.15, 0.2) is 54.6 Å². The van der Waals surface area contributed by atoms with Crippen molar-refractivity contribution in [1.82, 2.24) is 0 Å². The lowest BCUT2D eigenvalue weighted by Gasteiger charge is -2.29. The standard InChI is InChI=1S/C24H29NO4/c1-2-3-4-10-15-25-21-14-9-8-13-20(21)24(27)16-19(29-23(24)25)17-28-22(26)18-11-6-5-7-12-18/h5-9,11-14,19,23,27H,2-4,10,15-17H2,1H3/t19-,23?,24+/m0/s1. The van der Waals surface area contributed by atoms with Crippen LogP contribution in [0.5, 0.6) is 0 Å². The average molecular weight is 395 g/mol. The molecule has 1 unspecified atom stereocenters. The number of hydrogen-bond donors (Lipinski definition) is 1. The summed E-state index contributed by atoms with van der Waals surface area (Å²) in [5, 5.41) is 11.5. The molecule has 4 rings (SSSR count). The van der Waals surface area contributed by atoms with Gasteiger partial charge in [0.05, 0.1) is 11.7 Å². The number of fused-ring (bicyclic) bond motifs is 3. The first-order chi connectivity index (χ1) is 14.1. The van der Waals surface area contributed by atoms with Crippen molar-refractivity contribution >= 4 is 11.7 Å². The number of carbonyl (C=O) groups is 1. The molecule has 2 aromatic carbocycles. The third-order valence-corrected chi connectivity index (χ3v) is 5.89. The van der Waals surface area contributed by atoms with Gasteiger partial charge in [0.1, 0.15) is 12.2 Å². The third kappa shape index (κ3) is 3.89. The van der Waals surface area contributed by atoms with Gasteiger partial charge < -0.3 is 19.5 Å². The minimum Gasteiger partial charge on any atom is -0.459 e. The number of unbranched alkanes of at least 4 members (excludes halogenated alkanes) is 3. The van der Waals surface area contributed by atoms with Crippen molar-refractivity contribution in [2.24, 2.45) is 0 Å². The molecule has 0 bridgehead atoms. The molecular formula is C24H29NO4. The van der Waals surface area contributed by atoms with E-state index in [2.05, 4.69) is 17.9 Å². The van der Waals surface area contributed by atoms with Crippen LogP contribution in [0.1, 0.15) is 54.9 Å². The molecule has 0 amide bonds. The zero-order chi connectivity index (χ0) is 20.3. The Kier molecular flexibility index (Phi) is 5.88. The fourth-order valence-corrected chi connectivity index (χ4v) is 4.45. The molecule has 0 aliphatic carbocycles. The van der Waals surface area contributed by atoms with Crippen LogP contribution < -0.4 is 4.90 Å². The summed E-state index contributed by atoms with van der Waals surface area (Å²) in [6.07, 6.45) is 4.29. The van der Waals surface area contributed by atoms with Crippen LogP contribution in [-0.4, -0.2) is 36.6 Å². The summed E-state index contributed by atoms with van der Waals surface area (Å²) in [6.45, 7) is 3.18. The summed E-state index contributed by atoms with van der Waals surface area (Å²) in [6, 6.07) is 16.9. The van der Waals surface area contributed by atoms with Crippen LogP contribution in [0.25, 0.3) is 0 Å². The van der Waals surface area contributed by atoms with E-state index in [1.807, 2.05) is 36.4 Å². The molecule has 29 heavy (non-hydrogen) atoms. The van der Waals surface area contributed by atoms with Crippen molar-refractivity contribution in [3.8, 4) is 0 Å². The van der Waals surface area contributed by atoms with Crippen molar-refractivity contribution in [1.29, 1.82) is 0 Å². The molecule has 0 spiro atoms. The average Bonchev–Trinajstić information content (AvgIpc) is 3.20. The number of para-hydroxylation sites is 1. The summed E-state index contributed by atoms with van der Waals surface area (Å²) in [7, 11) is 0. The molecule has 5 heteroatoms. The molecule has 2 aromatic rings. The second-order valence-corrected chi connectivity index (χ2v) is 7.97. The summed E-state index contributed by atoms with van der Waals surface area (Å²) < 4.78 is 11.7. The number of aliphatic hydroxyl groups is 1. The van der Waals surface area contributed by atoms with Crippen LogP contribution in [-0.2, 0) is 15.1 Å². The lowest BCUT2D eigenvalue weighted by Crippen LogP contribution is -2.42. The van der Waals surface area contributed by atoms with E-state index in [-0.39, 0.29) is 18.7 Å². The van der Waals surface area contributed by atoms with Crippen molar-refractivity contribution < 1.29 is 19.4 Å². The first kappa shape index (κ1) is 19.9. The van der Waals surface area contributed by atoms with Gasteiger partial charge in [-0.3, -0.25) is 0 Å². The van der Waals surface area contributed by atoms with Gasteiger partial charge in [0, 0.05) is 24.2 Å². The maximum atomic E-state index is 12.2. The van der Waals surface area contributed by atoms with E-state index < -0.39 is 11.8 Å². The molecule has 1 saturated heterocycles. The highest BCUT2D eigenvalue weighted by Gasteiger charge is 2.57. The Morgan fingerprint density at radius 2 is 1.90 bits per heavy atom.